The van der Waals surface area contributed by atoms with Crippen molar-refractivity contribution in [2.45, 2.75) is 20.8 Å². The molecule has 2 aromatic heterocycles. The lowest BCUT2D eigenvalue weighted by Gasteiger charge is -1.99. The van der Waals surface area contributed by atoms with Crippen LogP contribution in [-0.2, 0) is 14.1 Å². The van der Waals surface area contributed by atoms with E-state index in [1.54, 1.807) is 0 Å². The van der Waals surface area contributed by atoms with E-state index < -0.39 is 0 Å². The number of aryl methyl sites for hydroxylation is 4. The van der Waals surface area contributed by atoms with E-state index in [1.165, 1.54) is 28.0 Å². The Balaban J connectivity index is 3.01. The largest absolute Gasteiger partial charge is 0.346 e. The van der Waals surface area contributed by atoms with Gasteiger partial charge in [-0.1, -0.05) is 0 Å². The Morgan fingerprint density at radius 2 is 1.62 bits per heavy atom. The normalized spacial score (nSPS) is 11.5. The van der Waals surface area contributed by atoms with Crippen LogP contribution in [0.1, 0.15) is 17.0 Å². The molecule has 13 heavy (non-hydrogen) atoms. The minimum absolute atomic E-state index is 1.32. The van der Waals surface area contributed by atoms with Crippen molar-refractivity contribution in [1.29, 1.82) is 0 Å². The molecule has 0 aliphatic carbocycles. The second-order valence-corrected chi connectivity index (χ2v) is 3.85. The highest BCUT2D eigenvalue weighted by molar-refractivity contribution is 5.83. The molecule has 2 heterocycles. The third-order valence-corrected chi connectivity index (χ3v) is 3.22. The molecule has 70 valence electrons. The summed E-state index contributed by atoms with van der Waals surface area (Å²) in [6.45, 7) is 6.51. The number of aromatic nitrogens is 2. The maximum absolute atomic E-state index is 2.26. The molecule has 0 radical (unpaired) electrons. The van der Waals surface area contributed by atoms with Crippen LogP contribution in [0, 0.1) is 20.8 Å². The summed E-state index contributed by atoms with van der Waals surface area (Å²) in [7, 11) is 4.26. The first-order chi connectivity index (χ1) is 6.04. The van der Waals surface area contributed by atoms with Crippen molar-refractivity contribution in [2.24, 2.45) is 14.1 Å². The Hall–Kier alpha value is -1.18. The van der Waals surface area contributed by atoms with Crippen LogP contribution >= 0.6 is 0 Å². The van der Waals surface area contributed by atoms with Gasteiger partial charge in [-0.3, -0.25) is 0 Å². The van der Waals surface area contributed by atoms with Crippen molar-refractivity contribution in [2.75, 3.05) is 0 Å². The van der Waals surface area contributed by atoms with Crippen molar-refractivity contribution in [3.8, 4) is 0 Å². The average molecular weight is 176 g/mol. The molecule has 0 fully saturated rings. The Bertz CT molecular complexity index is 472. The Morgan fingerprint density at radius 1 is 1.00 bits per heavy atom. The van der Waals surface area contributed by atoms with Gasteiger partial charge in [-0.15, -0.1) is 0 Å². The average Bonchev–Trinajstić information content (AvgIpc) is 2.48. The van der Waals surface area contributed by atoms with Crippen LogP contribution in [0.2, 0.25) is 0 Å². The van der Waals surface area contributed by atoms with Gasteiger partial charge in [0.25, 0.3) is 0 Å². The van der Waals surface area contributed by atoms with Crippen molar-refractivity contribution < 1.29 is 0 Å². The first-order valence-electron chi connectivity index (χ1n) is 4.62. The third-order valence-electron chi connectivity index (χ3n) is 3.22. The summed E-state index contributed by atoms with van der Waals surface area (Å²) in [6.07, 6.45) is 0. The van der Waals surface area contributed by atoms with Crippen molar-refractivity contribution in [1.82, 2.24) is 9.13 Å². The van der Waals surface area contributed by atoms with E-state index in [-0.39, 0.29) is 0 Å². The third kappa shape index (κ3) is 0.886. The summed E-state index contributed by atoms with van der Waals surface area (Å²) >= 11 is 0. The van der Waals surface area contributed by atoms with Crippen molar-refractivity contribution in [3.05, 3.63) is 23.0 Å². The molecule has 0 aliphatic heterocycles. The number of fused-ring (bicyclic) bond motifs is 1. The molecule has 0 aromatic carbocycles. The Kier molecular flexibility index (Phi) is 1.56. The lowest BCUT2D eigenvalue weighted by molar-refractivity contribution is 0.901. The first-order valence-corrected chi connectivity index (χ1v) is 4.62. The van der Waals surface area contributed by atoms with Gasteiger partial charge in [-0.2, -0.15) is 0 Å². The maximum atomic E-state index is 2.26. The van der Waals surface area contributed by atoms with E-state index in [1.807, 2.05) is 0 Å². The topological polar surface area (TPSA) is 9.86 Å². The number of rotatable bonds is 0. The van der Waals surface area contributed by atoms with Gasteiger partial charge in [-0.05, 0) is 32.4 Å². The molecular weight excluding hydrogens is 160 g/mol. The molecule has 0 amide bonds. The number of nitrogens with zero attached hydrogens (tertiary/aromatic N) is 2. The second-order valence-electron chi connectivity index (χ2n) is 3.85. The molecule has 0 aliphatic rings. The van der Waals surface area contributed by atoms with Crippen LogP contribution in [-0.4, -0.2) is 9.13 Å². The minimum Gasteiger partial charge on any atom is -0.346 e. The van der Waals surface area contributed by atoms with Crippen LogP contribution in [0.5, 0.6) is 0 Å². The molecule has 0 bridgehead atoms. The van der Waals surface area contributed by atoms with Crippen LogP contribution in [0.3, 0.4) is 0 Å². The van der Waals surface area contributed by atoms with E-state index in [0.717, 1.165) is 0 Å². The van der Waals surface area contributed by atoms with E-state index >= 15 is 0 Å². The van der Waals surface area contributed by atoms with E-state index in [4.69, 9.17) is 0 Å². The highest BCUT2D eigenvalue weighted by Crippen LogP contribution is 2.26. The fourth-order valence-corrected chi connectivity index (χ4v) is 2.01. The molecule has 2 rings (SSSR count). The van der Waals surface area contributed by atoms with E-state index in [0.29, 0.717) is 0 Å². The summed E-state index contributed by atoms with van der Waals surface area (Å²) in [4.78, 5) is 0. The number of hydrogen-bond donors (Lipinski definition) is 0. The van der Waals surface area contributed by atoms with Crippen LogP contribution in [0.15, 0.2) is 6.07 Å². The predicted octanol–water partition coefficient (Wildman–Crippen LogP) is 2.44. The molecule has 0 unspecified atom stereocenters. The van der Waals surface area contributed by atoms with Crippen LogP contribution < -0.4 is 0 Å². The quantitative estimate of drug-likeness (QED) is 0.583. The lowest BCUT2D eigenvalue weighted by atomic mass is 10.2. The van der Waals surface area contributed by atoms with E-state index in [9.17, 15) is 0 Å². The molecule has 0 N–H and O–H groups in total. The fraction of sp³-hybridized carbons (Fsp3) is 0.455. The highest BCUT2D eigenvalue weighted by Gasteiger charge is 2.12. The van der Waals surface area contributed by atoms with Crippen molar-refractivity contribution in [3.63, 3.8) is 0 Å². The van der Waals surface area contributed by atoms with Crippen LogP contribution in [0.4, 0.5) is 0 Å². The monoisotopic (exact) mass is 176 g/mol. The summed E-state index contributed by atoms with van der Waals surface area (Å²) in [5, 5.41) is 0. The molecule has 0 atom stereocenters. The SMILES string of the molecule is Cc1c(C)n(C)c2cc(C)n(C)c12. The predicted molar refractivity (Wildman–Crippen MR) is 56.1 cm³/mol. The molecule has 2 heteroatoms. The van der Waals surface area contributed by atoms with Gasteiger partial charge < -0.3 is 9.13 Å². The maximum Gasteiger partial charge on any atom is 0.0694 e. The van der Waals surface area contributed by atoms with Gasteiger partial charge in [0, 0.05) is 25.5 Å². The highest BCUT2D eigenvalue weighted by atomic mass is 15.0. The molecule has 0 saturated carbocycles. The van der Waals surface area contributed by atoms with Gasteiger partial charge in [0.1, 0.15) is 0 Å². The summed E-state index contributed by atoms with van der Waals surface area (Å²) < 4.78 is 4.52. The molecule has 0 saturated heterocycles. The van der Waals surface area contributed by atoms with E-state index in [2.05, 4.69) is 50.1 Å². The fourth-order valence-electron chi connectivity index (χ4n) is 2.01. The zero-order valence-electron chi connectivity index (χ0n) is 8.97. The van der Waals surface area contributed by atoms with Crippen LogP contribution in [0.25, 0.3) is 11.0 Å². The number of hydrogen-bond acceptors (Lipinski definition) is 0. The summed E-state index contributed by atoms with van der Waals surface area (Å²) in [5.74, 6) is 0. The minimum atomic E-state index is 1.32. The first kappa shape index (κ1) is 8.42. The van der Waals surface area contributed by atoms with Gasteiger partial charge in [-0.25, -0.2) is 0 Å². The molecular formula is C11H16N2. The molecule has 2 nitrogen and oxygen atoms in total. The molecule has 0 spiro atoms. The Morgan fingerprint density at radius 3 is 2.15 bits per heavy atom. The second kappa shape index (κ2) is 2.41. The summed E-state index contributed by atoms with van der Waals surface area (Å²) in [5.41, 5.74) is 6.80. The van der Waals surface area contributed by atoms with Gasteiger partial charge in [0.15, 0.2) is 0 Å². The van der Waals surface area contributed by atoms with Crippen molar-refractivity contribution >= 4 is 11.0 Å². The zero-order chi connectivity index (χ0) is 9.75. The standard InChI is InChI=1S/C11H16N2/c1-7-6-10-11(12(7)4)8(2)9(3)13(10)5/h6H,1-5H3. The Labute approximate surface area is 78.8 Å². The molecule has 2 aromatic rings. The summed E-state index contributed by atoms with van der Waals surface area (Å²) in [6, 6.07) is 2.25. The van der Waals surface area contributed by atoms with Gasteiger partial charge >= 0.3 is 0 Å². The van der Waals surface area contributed by atoms with Gasteiger partial charge in [0.05, 0.1) is 11.0 Å². The van der Waals surface area contributed by atoms with Gasteiger partial charge in [0.2, 0.25) is 0 Å². The lowest BCUT2D eigenvalue weighted by Crippen LogP contribution is -1.92. The smallest absolute Gasteiger partial charge is 0.0694 e. The zero-order valence-corrected chi connectivity index (χ0v) is 8.97.